The number of benzene rings is 1. The first-order valence-corrected chi connectivity index (χ1v) is 6.96. The molecule has 0 atom stereocenters. The van der Waals surface area contributed by atoms with Gasteiger partial charge in [-0.2, -0.15) is 0 Å². The first-order chi connectivity index (χ1) is 9.06. The number of hydrogen-bond acceptors (Lipinski definition) is 2. The predicted molar refractivity (Wildman–Crippen MR) is 74.8 cm³/mol. The number of nitrogens with one attached hydrogen (secondary N) is 2. The van der Waals surface area contributed by atoms with Crippen molar-refractivity contribution in [3.05, 3.63) is 28.0 Å². The van der Waals surface area contributed by atoms with Crippen LogP contribution in [-0.4, -0.2) is 25.3 Å². The molecule has 2 N–H and O–H groups in total. The van der Waals surface area contributed by atoms with Gasteiger partial charge in [-0.15, -0.1) is 0 Å². The smallest absolute Gasteiger partial charge is 0.319 e. The molecule has 0 bridgehead atoms. The van der Waals surface area contributed by atoms with E-state index in [1.807, 2.05) is 6.92 Å². The minimum Gasteiger partial charge on any atom is -0.381 e. The third-order valence-electron chi connectivity index (χ3n) is 3.07. The van der Waals surface area contributed by atoms with Crippen molar-refractivity contribution in [2.45, 2.75) is 25.8 Å². The van der Waals surface area contributed by atoms with E-state index >= 15 is 0 Å². The molecule has 2 rings (SSSR count). The van der Waals surface area contributed by atoms with Crippen LogP contribution in [0.25, 0.3) is 0 Å². The number of amides is 2. The SMILES string of the molecule is Cc1cc(Br)c(F)cc1NC(=O)NC1CCOCC1. The molecule has 6 heteroatoms. The lowest BCUT2D eigenvalue weighted by atomic mass is 10.1. The summed E-state index contributed by atoms with van der Waals surface area (Å²) in [7, 11) is 0. The number of anilines is 1. The number of rotatable bonds is 2. The van der Waals surface area contributed by atoms with Gasteiger partial charge in [0, 0.05) is 24.9 Å². The summed E-state index contributed by atoms with van der Waals surface area (Å²) in [6.07, 6.45) is 1.61. The van der Waals surface area contributed by atoms with Gasteiger partial charge >= 0.3 is 6.03 Å². The number of carbonyl (C=O) groups excluding carboxylic acids is 1. The van der Waals surface area contributed by atoms with E-state index < -0.39 is 5.82 Å². The molecule has 1 aliphatic heterocycles. The summed E-state index contributed by atoms with van der Waals surface area (Å²) in [6.45, 7) is 3.14. The molecular weight excluding hydrogens is 315 g/mol. The van der Waals surface area contributed by atoms with Gasteiger partial charge in [-0.05, 0) is 53.4 Å². The number of hydrogen-bond donors (Lipinski definition) is 2. The first kappa shape index (κ1) is 14.3. The molecule has 1 heterocycles. The van der Waals surface area contributed by atoms with Crippen LogP contribution >= 0.6 is 15.9 Å². The van der Waals surface area contributed by atoms with E-state index in [2.05, 4.69) is 26.6 Å². The van der Waals surface area contributed by atoms with Gasteiger partial charge in [-0.25, -0.2) is 9.18 Å². The zero-order valence-corrected chi connectivity index (χ0v) is 12.2. The molecule has 0 unspecified atom stereocenters. The highest BCUT2D eigenvalue weighted by atomic mass is 79.9. The highest BCUT2D eigenvalue weighted by molar-refractivity contribution is 9.10. The second kappa shape index (κ2) is 6.34. The van der Waals surface area contributed by atoms with Crippen LogP contribution in [0.5, 0.6) is 0 Å². The Bertz CT molecular complexity index is 476. The van der Waals surface area contributed by atoms with Gasteiger partial charge in [-0.3, -0.25) is 0 Å². The lowest BCUT2D eigenvalue weighted by Gasteiger charge is -2.23. The minimum atomic E-state index is -0.396. The Hall–Kier alpha value is -1.14. The second-order valence-corrected chi connectivity index (χ2v) is 5.42. The molecular formula is C13H16BrFN2O2. The van der Waals surface area contributed by atoms with Crippen molar-refractivity contribution >= 4 is 27.6 Å². The van der Waals surface area contributed by atoms with Crippen LogP contribution in [0.1, 0.15) is 18.4 Å². The van der Waals surface area contributed by atoms with Gasteiger partial charge in [-0.1, -0.05) is 0 Å². The van der Waals surface area contributed by atoms with Crippen molar-refractivity contribution < 1.29 is 13.9 Å². The van der Waals surface area contributed by atoms with Crippen molar-refractivity contribution in [2.75, 3.05) is 18.5 Å². The van der Waals surface area contributed by atoms with Gasteiger partial charge < -0.3 is 15.4 Å². The Morgan fingerprint density at radius 2 is 2.11 bits per heavy atom. The van der Waals surface area contributed by atoms with Crippen molar-refractivity contribution in [2.24, 2.45) is 0 Å². The minimum absolute atomic E-state index is 0.120. The molecule has 1 saturated heterocycles. The van der Waals surface area contributed by atoms with Gasteiger partial charge in [0.25, 0.3) is 0 Å². The topological polar surface area (TPSA) is 50.4 Å². The highest BCUT2D eigenvalue weighted by Crippen LogP contribution is 2.23. The molecule has 104 valence electrons. The maximum Gasteiger partial charge on any atom is 0.319 e. The third-order valence-corrected chi connectivity index (χ3v) is 3.68. The van der Waals surface area contributed by atoms with Crippen LogP contribution in [0, 0.1) is 12.7 Å². The molecule has 1 aromatic carbocycles. The van der Waals surface area contributed by atoms with Gasteiger partial charge in [0.05, 0.1) is 4.47 Å². The Balaban J connectivity index is 1.96. The lowest BCUT2D eigenvalue weighted by molar-refractivity contribution is 0.0806. The zero-order valence-electron chi connectivity index (χ0n) is 10.6. The van der Waals surface area contributed by atoms with Crippen LogP contribution in [-0.2, 0) is 4.74 Å². The summed E-state index contributed by atoms with van der Waals surface area (Å²) in [4.78, 5) is 11.8. The zero-order chi connectivity index (χ0) is 13.8. The molecule has 1 fully saturated rings. The molecule has 4 nitrogen and oxygen atoms in total. The van der Waals surface area contributed by atoms with Crippen molar-refractivity contribution in [3.63, 3.8) is 0 Å². The van der Waals surface area contributed by atoms with E-state index in [4.69, 9.17) is 4.74 Å². The number of halogens is 2. The van der Waals surface area contributed by atoms with Gasteiger partial charge in [0.15, 0.2) is 0 Å². The molecule has 0 aliphatic carbocycles. The third kappa shape index (κ3) is 3.91. The molecule has 0 spiro atoms. The Labute approximate surface area is 119 Å². The summed E-state index contributed by atoms with van der Waals surface area (Å²) in [5.41, 5.74) is 1.28. The molecule has 0 saturated carbocycles. The average Bonchev–Trinajstić information content (AvgIpc) is 2.37. The second-order valence-electron chi connectivity index (χ2n) is 4.57. The molecule has 0 aromatic heterocycles. The van der Waals surface area contributed by atoms with Gasteiger partial charge in [0.1, 0.15) is 5.82 Å². The van der Waals surface area contributed by atoms with Crippen LogP contribution in [0.3, 0.4) is 0 Å². The number of urea groups is 1. The van der Waals surface area contributed by atoms with Crippen molar-refractivity contribution in [1.29, 1.82) is 0 Å². The van der Waals surface area contributed by atoms with E-state index in [1.54, 1.807) is 6.07 Å². The Morgan fingerprint density at radius 3 is 2.79 bits per heavy atom. The first-order valence-electron chi connectivity index (χ1n) is 6.17. The lowest BCUT2D eigenvalue weighted by Crippen LogP contribution is -2.41. The van der Waals surface area contributed by atoms with Crippen LogP contribution in [0.15, 0.2) is 16.6 Å². The molecule has 2 amide bonds. The summed E-state index contributed by atoms with van der Waals surface area (Å²) in [5.74, 6) is -0.396. The van der Waals surface area contributed by atoms with E-state index in [0.29, 0.717) is 23.4 Å². The monoisotopic (exact) mass is 330 g/mol. The fourth-order valence-corrected chi connectivity index (χ4v) is 2.42. The highest BCUT2D eigenvalue weighted by Gasteiger charge is 2.16. The number of ether oxygens (including phenoxy) is 1. The molecule has 1 aliphatic rings. The Kier molecular flexibility index (Phi) is 4.76. The van der Waals surface area contributed by atoms with Crippen LogP contribution in [0.2, 0.25) is 0 Å². The average molecular weight is 331 g/mol. The normalized spacial score (nSPS) is 16.2. The quantitative estimate of drug-likeness (QED) is 0.874. The summed E-state index contributed by atoms with van der Waals surface area (Å²) in [6, 6.07) is 2.76. The summed E-state index contributed by atoms with van der Waals surface area (Å²) < 4.78 is 19.0. The summed E-state index contributed by atoms with van der Waals surface area (Å²) in [5, 5.41) is 5.54. The fraction of sp³-hybridized carbons (Fsp3) is 0.462. The van der Waals surface area contributed by atoms with Crippen molar-refractivity contribution in [3.8, 4) is 0 Å². The molecule has 0 radical (unpaired) electrons. The predicted octanol–water partition coefficient (Wildman–Crippen LogP) is 3.20. The number of aryl methyl sites for hydroxylation is 1. The fourth-order valence-electron chi connectivity index (χ4n) is 1.97. The standard InChI is InChI=1S/C13H16BrFN2O2/c1-8-6-10(14)11(15)7-12(8)17-13(18)16-9-2-4-19-5-3-9/h6-7,9H,2-5H2,1H3,(H2,16,17,18). The number of carbonyl (C=O) groups is 1. The van der Waals surface area contributed by atoms with E-state index in [1.165, 1.54) is 6.07 Å². The largest absolute Gasteiger partial charge is 0.381 e. The molecule has 19 heavy (non-hydrogen) atoms. The maximum absolute atomic E-state index is 13.4. The van der Waals surface area contributed by atoms with Crippen molar-refractivity contribution in [1.82, 2.24) is 5.32 Å². The Morgan fingerprint density at radius 1 is 1.42 bits per heavy atom. The van der Waals surface area contributed by atoms with Crippen LogP contribution < -0.4 is 10.6 Å². The van der Waals surface area contributed by atoms with E-state index in [9.17, 15) is 9.18 Å². The van der Waals surface area contributed by atoms with E-state index in [-0.39, 0.29) is 12.1 Å². The van der Waals surface area contributed by atoms with E-state index in [0.717, 1.165) is 18.4 Å². The molecule has 1 aromatic rings. The maximum atomic E-state index is 13.4. The summed E-state index contributed by atoms with van der Waals surface area (Å²) >= 11 is 3.11. The van der Waals surface area contributed by atoms with Crippen LogP contribution in [0.4, 0.5) is 14.9 Å². The van der Waals surface area contributed by atoms with Gasteiger partial charge in [0.2, 0.25) is 0 Å².